The minimum atomic E-state index is -1.18. The van der Waals surface area contributed by atoms with Crippen LogP contribution in [0.25, 0.3) is 0 Å². The fourth-order valence-corrected chi connectivity index (χ4v) is 2.92. The number of ether oxygens (including phenoxy) is 2. The molecule has 9 heteroatoms. The zero-order chi connectivity index (χ0) is 16.3. The molecule has 2 heterocycles. The Morgan fingerprint density at radius 3 is 2.59 bits per heavy atom. The van der Waals surface area contributed by atoms with Crippen LogP contribution in [0.1, 0.15) is 12.8 Å². The van der Waals surface area contributed by atoms with Crippen molar-refractivity contribution in [2.45, 2.75) is 61.7 Å². The predicted octanol–water partition coefficient (Wildman–Crippen LogP) is -3.82. The highest BCUT2D eigenvalue weighted by molar-refractivity contribution is 4.93. The molecule has 0 saturated carbocycles. The maximum atomic E-state index is 9.99. The molecule has 0 amide bonds. The van der Waals surface area contributed by atoms with Gasteiger partial charge in [-0.15, -0.1) is 0 Å². The molecule has 9 nitrogen and oxygen atoms in total. The van der Waals surface area contributed by atoms with E-state index in [1.54, 1.807) is 0 Å². The van der Waals surface area contributed by atoms with Crippen molar-refractivity contribution in [2.75, 3.05) is 19.7 Å². The summed E-state index contributed by atoms with van der Waals surface area (Å²) in [5, 5.41) is 32.4. The first kappa shape index (κ1) is 18.0. The van der Waals surface area contributed by atoms with Gasteiger partial charge in [-0.25, -0.2) is 0 Å². The number of hydrogen-bond donors (Lipinski definition) is 7. The van der Waals surface area contributed by atoms with Crippen LogP contribution in [0.3, 0.4) is 0 Å². The molecule has 2 aliphatic rings. The van der Waals surface area contributed by atoms with Crippen molar-refractivity contribution in [3.05, 3.63) is 0 Å². The molecule has 0 aromatic rings. The van der Waals surface area contributed by atoms with Crippen LogP contribution in [0.4, 0.5) is 0 Å². The smallest absolute Gasteiger partial charge is 0.176 e. The first-order valence-corrected chi connectivity index (χ1v) is 7.70. The van der Waals surface area contributed by atoms with Gasteiger partial charge in [-0.3, -0.25) is 0 Å². The Labute approximate surface area is 129 Å². The highest BCUT2D eigenvalue weighted by Crippen LogP contribution is 2.24. The van der Waals surface area contributed by atoms with Gasteiger partial charge in [0.25, 0.3) is 0 Å². The van der Waals surface area contributed by atoms with Crippen molar-refractivity contribution in [2.24, 2.45) is 17.2 Å². The van der Waals surface area contributed by atoms with Gasteiger partial charge < -0.3 is 47.3 Å². The lowest BCUT2D eigenvalue weighted by molar-refractivity contribution is -0.272. The van der Waals surface area contributed by atoms with Gasteiger partial charge in [-0.1, -0.05) is 0 Å². The monoisotopic (exact) mass is 320 g/mol. The maximum absolute atomic E-state index is 9.99. The SMILES string of the molecule is NC[C@H]1O[C@H](O[C@@H]2C[C@H](CO)NCC[C@H]2N)[C@H](N)[C@@H](O)[C@@H]1O. The summed E-state index contributed by atoms with van der Waals surface area (Å²) in [5.74, 6) is 0. The summed E-state index contributed by atoms with van der Waals surface area (Å²) >= 11 is 0. The van der Waals surface area contributed by atoms with Crippen molar-refractivity contribution >= 4 is 0 Å². The minimum absolute atomic E-state index is 0.0169. The van der Waals surface area contributed by atoms with E-state index in [1.807, 2.05) is 0 Å². The van der Waals surface area contributed by atoms with Gasteiger partial charge in [0, 0.05) is 18.6 Å². The summed E-state index contributed by atoms with van der Waals surface area (Å²) in [6.07, 6.45) is -3.14. The van der Waals surface area contributed by atoms with Gasteiger partial charge >= 0.3 is 0 Å². The maximum Gasteiger partial charge on any atom is 0.176 e. The van der Waals surface area contributed by atoms with E-state index in [2.05, 4.69) is 5.32 Å². The molecule has 0 radical (unpaired) electrons. The fourth-order valence-electron chi connectivity index (χ4n) is 2.92. The summed E-state index contributed by atoms with van der Waals surface area (Å²) < 4.78 is 11.4. The van der Waals surface area contributed by atoms with Crippen LogP contribution in [-0.4, -0.2) is 83.8 Å². The van der Waals surface area contributed by atoms with Crippen molar-refractivity contribution in [1.29, 1.82) is 0 Å². The lowest BCUT2D eigenvalue weighted by Crippen LogP contribution is -2.64. The second-order valence-electron chi connectivity index (χ2n) is 6.03. The Balaban J connectivity index is 2.03. The van der Waals surface area contributed by atoms with Gasteiger partial charge in [-0.05, 0) is 19.4 Å². The average molecular weight is 320 g/mol. The molecule has 8 atom stereocenters. The summed E-state index contributed by atoms with van der Waals surface area (Å²) in [6.45, 7) is 0.718. The zero-order valence-corrected chi connectivity index (χ0v) is 12.5. The van der Waals surface area contributed by atoms with Crippen molar-refractivity contribution in [3.8, 4) is 0 Å². The highest BCUT2D eigenvalue weighted by atomic mass is 16.7. The number of nitrogens with two attached hydrogens (primary N) is 3. The van der Waals surface area contributed by atoms with Crippen LogP contribution < -0.4 is 22.5 Å². The quantitative estimate of drug-likeness (QED) is 0.274. The molecule has 0 aromatic carbocycles. The molecule has 22 heavy (non-hydrogen) atoms. The molecule has 0 unspecified atom stereocenters. The summed E-state index contributed by atoms with van der Waals surface area (Å²) in [7, 11) is 0. The van der Waals surface area contributed by atoms with Gasteiger partial charge in [0.1, 0.15) is 18.3 Å². The summed E-state index contributed by atoms with van der Waals surface area (Å²) in [4.78, 5) is 0. The van der Waals surface area contributed by atoms with E-state index in [1.165, 1.54) is 0 Å². The third kappa shape index (κ3) is 3.94. The van der Waals surface area contributed by atoms with Crippen LogP contribution in [-0.2, 0) is 9.47 Å². The Bertz CT molecular complexity index is 348. The highest BCUT2D eigenvalue weighted by Gasteiger charge is 2.44. The van der Waals surface area contributed by atoms with Crippen molar-refractivity contribution < 1.29 is 24.8 Å². The van der Waals surface area contributed by atoms with E-state index < -0.39 is 30.6 Å². The molecule has 0 bridgehead atoms. The molecule has 2 rings (SSSR count). The van der Waals surface area contributed by atoms with Crippen LogP contribution in [0.5, 0.6) is 0 Å². The predicted molar refractivity (Wildman–Crippen MR) is 78.7 cm³/mol. The molecule has 2 fully saturated rings. The normalized spacial score (nSPS) is 47.2. The van der Waals surface area contributed by atoms with E-state index in [9.17, 15) is 15.3 Å². The third-order valence-electron chi connectivity index (χ3n) is 4.42. The van der Waals surface area contributed by atoms with E-state index in [0.717, 1.165) is 0 Å². The number of aliphatic hydroxyl groups excluding tert-OH is 3. The molecule has 130 valence electrons. The first-order chi connectivity index (χ1) is 10.5. The van der Waals surface area contributed by atoms with E-state index in [0.29, 0.717) is 19.4 Å². The van der Waals surface area contributed by atoms with Gasteiger partial charge in [0.2, 0.25) is 0 Å². The minimum Gasteiger partial charge on any atom is -0.395 e. The second-order valence-corrected chi connectivity index (χ2v) is 6.03. The van der Waals surface area contributed by atoms with Crippen LogP contribution in [0.2, 0.25) is 0 Å². The largest absolute Gasteiger partial charge is 0.395 e. The first-order valence-electron chi connectivity index (χ1n) is 7.70. The fraction of sp³-hybridized carbons (Fsp3) is 1.00. The van der Waals surface area contributed by atoms with Gasteiger partial charge in [0.05, 0.1) is 18.8 Å². The Morgan fingerprint density at radius 2 is 1.95 bits per heavy atom. The van der Waals surface area contributed by atoms with Gasteiger partial charge in [-0.2, -0.15) is 0 Å². The molecule has 2 saturated heterocycles. The molecule has 0 spiro atoms. The molecular weight excluding hydrogens is 292 g/mol. The van der Waals surface area contributed by atoms with E-state index in [4.69, 9.17) is 26.7 Å². The Hall–Kier alpha value is -0.360. The standard InChI is InChI=1S/C13H28N4O5/c14-4-9-11(19)12(20)10(16)13(22-9)21-8-3-6(5-18)17-2-1-7(8)15/h6-13,17-20H,1-5,14-16H2/t6-,7-,8-,9-,10-,11-,12-,13+/m1/s1. The van der Waals surface area contributed by atoms with Crippen molar-refractivity contribution in [3.63, 3.8) is 0 Å². The number of hydrogen-bond acceptors (Lipinski definition) is 9. The van der Waals surface area contributed by atoms with Crippen LogP contribution in [0.15, 0.2) is 0 Å². The number of rotatable bonds is 4. The lowest BCUT2D eigenvalue weighted by atomic mass is 9.97. The molecule has 0 aromatic heterocycles. The Kier molecular flexibility index (Phi) is 6.50. The summed E-state index contributed by atoms with van der Waals surface area (Å²) in [5.41, 5.74) is 17.5. The van der Waals surface area contributed by atoms with Crippen LogP contribution >= 0.6 is 0 Å². The molecule has 0 aliphatic carbocycles. The van der Waals surface area contributed by atoms with Gasteiger partial charge in [0.15, 0.2) is 6.29 Å². The molecule has 10 N–H and O–H groups in total. The number of aliphatic hydroxyl groups is 3. The topological polar surface area (TPSA) is 169 Å². The second kappa shape index (κ2) is 7.95. The Morgan fingerprint density at radius 1 is 1.23 bits per heavy atom. The zero-order valence-electron chi connectivity index (χ0n) is 12.5. The average Bonchev–Trinajstić information content (AvgIpc) is 2.69. The molecular formula is C13H28N4O5. The summed E-state index contributed by atoms with van der Waals surface area (Å²) in [6, 6.07) is -1.24. The van der Waals surface area contributed by atoms with Crippen molar-refractivity contribution in [1.82, 2.24) is 5.32 Å². The lowest BCUT2D eigenvalue weighted by Gasteiger charge is -2.42. The van der Waals surface area contributed by atoms with Crippen LogP contribution in [0, 0.1) is 0 Å². The third-order valence-corrected chi connectivity index (χ3v) is 4.42. The number of nitrogens with one attached hydrogen (secondary N) is 1. The van der Waals surface area contributed by atoms with E-state index >= 15 is 0 Å². The van der Waals surface area contributed by atoms with E-state index in [-0.39, 0.29) is 31.3 Å². The molecule has 2 aliphatic heterocycles.